The minimum absolute atomic E-state index is 0.170. The number of carbonyl (C=O) groups excluding carboxylic acids is 1. The molecule has 5 nitrogen and oxygen atoms in total. The van der Waals surface area contributed by atoms with Gasteiger partial charge < -0.3 is 14.5 Å². The Balaban J connectivity index is 1.61. The molecular formula is C17H27N3O2S. The zero-order valence-corrected chi connectivity index (χ0v) is 14.8. The summed E-state index contributed by atoms with van der Waals surface area (Å²) >= 11 is 1.31. The summed E-state index contributed by atoms with van der Waals surface area (Å²) in [6.45, 7) is 6.06. The standard InChI is InChI=1S/C17H27N3O2S/c1-22-12-4-10-19-9-2-6-17(13-19)7-3-11-20(14-17)16(21)15-5-8-18-23-15/h5,8H,2-4,6-7,9-14H2,1H3. The Hall–Kier alpha value is -0.980. The molecule has 3 heterocycles. The lowest BCUT2D eigenvalue weighted by Crippen LogP contribution is -2.53. The molecule has 2 aliphatic rings. The predicted molar refractivity (Wildman–Crippen MR) is 91.9 cm³/mol. The van der Waals surface area contributed by atoms with E-state index in [4.69, 9.17) is 4.74 Å². The first-order valence-corrected chi connectivity index (χ1v) is 9.41. The molecule has 0 aliphatic carbocycles. The molecule has 0 bridgehead atoms. The molecule has 2 fully saturated rings. The van der Waals surface area contributed by atoms with Crippen molar-refractivity contribution in [3.63, 3.8) is 0 Å². The number of carbonyl (C=O) groups is 1. The molecule has 3 rings (SSSR count). The zero-order chi connectivity index (χ0) is 16.1. The molecule has 1 aromatic heterocycles. The molecule has 1 spiro atoms. The number of piperidine rings is 2. The first kappa shape index (κ1) is 16.9. The second-order valence-corrected chi connectivity index (χ2v) is 7.77. The van der Waals surface area contributed by atoms with Gasteiger partial charge in [-0.1, -0.05) is 0 Å². The number of methoxy groups -OCH3 is 1. The van der Waals surface area contributed by atoms with Crippen LogP contribution in [0.3, 0.4) is 0 Å². The normalized spacial score (nSPS) is 25.9. The van der Waals surface area contributed by atoms with Crippen LogP contribution in [0.15, 0.2) is 12.3 Å². The Morgan fingerprint density at radius 3 is 2.91 bits per heavy atom. The van der Waals surface area contributed by atoms with E-state index in [1.807, 2.05) is 6.07 Å². The first-order valence-electron chi connectivity index (χ1n) is 8.64. The quantitative estimate of drug-likeness (QED) is 0.775. The van der Waals surface area contributed by atoms with Crippen LogP contribution in [0.1, 0.15) is 41.8 Å². The van der Waals surface area contributed by atoms with E-state index < -0.39 is 0 Å². The highest BCUT2D eigenvalue weighted by Gasteiger charge is 2.40. The molecule has 1 unspecified atom stereocenters. The summed E-state index contributed by atoms with van der Waals surface area (Å²) in [5.41, 5.74) is 0.296. The van der Waals surface area contributed by atoms with E-state index in [1.165, 1.54) is 37.3 Å². The van der Waals surface area contributed by atoms with E-state index >= 15 is 0 Å². The molecule has 128 valence electrons. The first-order chi connectivity index (χ1) is 11.2. The maximum absolute atomic E-state index is 12.6. The number of likely N-dealkylation sites (tertiary alicyclic amines) is 2. The lowest BCUT2D eigenvalue weighted by Gasteiger charge is -2.48. The van der Waals surface area contributed by atoms with Gasteiger partial charge >= 0.3 is 0 Å². The highest BCUT2D eigenvalue weighted by molar-refractivity contribution is 7.08. The number of hydrogen-bond acceptors (Lipinski definition) is 5. The van der Waals surface area contributed by atoms with Gasteiger partial charge in [0.25, 0.3) is 5.91 Å². The SMILES string of the molecule is COCCCN1CCCC2(CCCN(C(=O)c3ccns3)C2)C1. The van der Waals surface area contributed by atoms with Crippen molar-refractivity contribution in [2.24, 2.45) is 5.41 Å². The summed E-state index contributed by atoms with van der Waals surface area (Å²) in [6.07, 6.45) is 7.68. The highest BCUT2D eigenvalue weighted by atomic mass is 32.1. The molecular weight excluding hydrogens is 310 g/mol. The number of nitrogens with zero attached hydrogens (tertiary/aromatic N) is 3. The molecule has 0 aromatic carbocycles. The predicted octanol–water partition coefficient (Wildman–Crippen LogP) is 2.50. The second kappa shape index (κ2) is 7.73. The minimum Gasteiger partial charge on any atom is -0.385 e. The van der Waals surface area contributed by atoms with Gasteiger partial charge in [0.05, 0.1) is 0 Å². The number of amides is 1. The topological polar surface area (TPSA) is 45.7 Å². The van der Waals surface area contributed by atoms with Crippen LogP contribution in [0, 0.1) is 5.41 Å². The van der Waals surface area contributed by atoms with Crippen molar-refractivity contribution < 1.29 is 9.53 Å². The Labute approximate surface area is 142 Å². The Kier molecular flexibility index (Phi) is 5.67. The molecule has 1 amide bonds. The van der Waals surface area contributed by atoms with Gasteiger partial charge in [-0.25, -0.2) is 4.37 Å². The fraction of sp³-hybridized carbons (Fsp3) is 0.765. The smallest absolute Gasteiger partial charge is 0.265 e. The van der Waals surface area contributed by atoms with Crippen molar-refractivity contribution in [3.8, 4) is 0 Å². The summed E-state index contributed by atoms with van der Waals surface area (Å²) in [7, 11) is 1.77. The fourth-order valence-electron chi connectivity index (χ4n) is 4.13. The molecule has 23 heavy (non-hydrogen) atoms. The molecule has 0 N–H and O–H groups in total. The summed E-state index contributed by atoms with van der Waals surface area (Å²) in [5.74, 6) is 0.170. The van der Waals surface area contributed by atoms with Crippen LogP contribution in [0.4, 0.5) is 0 Å². The molecule has 2 saturated heterocycles. The molecule has 6 heteroatoms. The van der Waals surface area contributed by atoms with Gasteiger partial charge in [-0.3, -0.25) is 4.79 Å². The summed E-state index contributed by atoms with van der Waals surface area (Å²) < 4.78 is 9.25. The van der Waals surface area contributed by atoms with E-state index in [2.05, 4.69) is 14.2 Å². The monoisotopic (exact) mass is 337 g/mol. The van der Waals surface area contributed by atoms with Crippen LogP contribution in [-0.4, -0.2) is 66.5 Å². The summed E-state index contributed by atoms with van der Waals surface area (Å²) in [4.78, 5) is 18.1. The number of aromatic nitrogens is 1. The molecule has 2 aliphatic heterocycles. The van der Waals surface area contributed by atoms with Gasteiger partial charge in [0, 0.05) is 51.5 Å². The third kappa shape index (κ3) is 4.11. The molecule has 1 aromatic rings. The van der Waals surface area contributed by atoms with Gasteiger partial charge in [-0.15, -0.1) is 0 Å². The number of rotatable bonds is 5. The van der Waals surface area contributed by atoms with E-state index in [9.17, 15) is 4.79 Å². The average Bonchev–Trinajstić information content (AvgIpc) is 3.09. The van der Waals surface area contributed by atoms with Gasteiger partial charge in [-0.05, 0) is 56.2 Å². The van der Waals surface area contributed by atoms with Gasteiger partial charge in [-0.2, -0.15) is 0 Å². The fourth-order valence-corrected chi connectivity index (χ4v) is 4.69. The van der Waals surface area contributed by atoms with Crippen molar-refractivity contribution in [3.05, 3.63) is 17.1 Å². The van der Waals surface area contributed by atoms with Gasteiger partial charge in [0.1, 0.15) is 4.88 Å². The van der Waals surface area contributed by atoms with Crippen LogP contribution >= 0.6 is 11.5 Å². The van der Waals surface area contributed by atoms with E-state index in [1.54, 1.807) is 13.3 Å². The van der Waals surface area contributed by atoms with Crippen LogP contribution in [0.2, 0.25) is 0 Å². The number of hydrogen-bond donors (Lipinski definition) is 0. The zero-order valence-electron chi connectivity index (χ0n) is 14.0. The lowest BCUT2D eigenvalue weighted by atomic mass is 9.73. The van der Waals surface area contributed by atoms with Crippen molar-refractivity contribution >= 4 is 17.4 Å². The van der Waals surface area contributed by atoms with Gasteiger partial charge in [0.15, 0.2) is 0 Å². The molecule has 0 saturated carbocycles. The van der Waals surface area contributed by atoms with Crippen LogP contribution in [0.5, 0.6) is 0 Å². The minimum atomic E-state index is 0.170. The van der Waals surface area contributed by atoms with E-state index in [0.717, 1.165) is 50.5 Å². The maximum atomic E-state index is 12.6. The van der Waals surface area contributed by atoms with Crippen LogP contribution in [-0.2, 0) is 4.74 Å². The van der Waals surface area contributed by atoms with Crippen molar-refractivity contribution in [2.45, 2.75) is 32.1 Å². The van der Waals surface area contributed by atoms with Crippen molar-refractivity contribution in [1.82, 2.24) is 14.2 Å². The third-order valence-electron chi connectivity index (χ3n) is 5.16. The van der Waals surface area contributed by atoms with Crippen molar-refractivity contribution in [1.29, 1.82) is 0 Å². The largest absolute Gasteiger partial charge is 0.385 e. The second-order valence-electron chi connectivity index (χ2n) is 6.93. The van der Waals surface area contributed by atoms with Crippen LogP contribution in [0.25, 0.3) is 0 Å². The Bertz CT molecular complexity index is 504. The van der Waals surface area contributed by atoms with E-state index in [-0.39, 0.29) is 5.91 Å². The highest BCUT2D eigenvalue weighted by Crippen LogP contribution is 2.39. The Morgan fingerprint density at radius 2 is 2.17 bits per heavy atom. The maximum Gasteiger partial charge on any atom is 0.265 e. The summed E-state index contributed by atoms with van der Waals surface area (Å²) in [5, 5.41) is 0. The van der Waals surface area contributed by atoms with Gasteiger partial charge in [0.2, 0.25) is 0 Å². The lowest BCUT2D eigenvalue weighted by molar-refractivity contribution is 0.0120. The van der Waals surface area contributed by atoms with Crippen molar-refractivity contribution in [2.75, 3.05) is 46.4 Å². The molecule has 1 atom stereocenters. The third-order valence-corrected chi connectivity index (χ3v) is 5.90. The average molecular weight is 337 g/mol. The van der Waals surface area contributed by atoms with Crippen LogP contribution < -0.4 is 0 Å². The number of ether oxygens (including phenoxy) is 1. The molecule has 0 radical (unpaired) electrons. The Morgan fingerprint density at radius 1 is 1.35 bits per heavy atom. The summed E-state index contributed by atoms with van der Waals surface area (Å²) in [6, 6.07) is 1.84. The van der Waals surface area contributed by atoms with E-state index in [0.29, 0.717) is 5.41 Å².